The molecule has 0 radical (unpaired) electrons. The number of alkyl halides is 1. The third-order valence-corrected chi connectivity index (χ3v) is 7.14. The van der Waals surface area contributed by atoms with Gasteiger partial charge in [-0.2, -0.15) is 0 Å². The van der Waals surface area contributed by atoms with E-state index in [1.54, 1.807) is 7.11 Å². The van der Waals surface area contributed by atoms with Crippen molar-refractivity contribution in [1.29, 1.82) is 0 Å². The number of nitrogens with zero attached hydrogens (tertiary/aromatic N) is 1. The minimum absolute atomic E-state index is 0.0112. The van der Waals surface area contributed by atoms with Gasteiger partial charge in [0.05, 0.1) is 12.3 Å². The number of halogens is 1. The van der Waals surface area contributed by atoms with Gasteiger partial charge in [0, 0.05) is 31.0 Å². The van der Waals surface area contributed by atoms with Gasteiger partial charge in [0.2, 0.25) is 5.91 Å². The predicted molar refractivity (Wildman–Crippen MR) is 121 cm³/mol. The zero-order chi connectivity index (χ0) is 21.5. The van der Waals surface area contributed by atoms with Gasteiger partial charge in [-0.25, -0.2) is 5.43 Å². The molecule has 8 heteroatoms. The van der Waals surface area contributed by atoms with E-state index in [1.807, 2.05) is 0 Å². The highest BCUT2D eigenvalue weighted by Gasteiger charge is 2.34. The zero-order valence-corrected chi connectivity index (χ0v) is 19.5. The molecule has 7 nitrogen and oxygen atoms in total. The second-order valence-corrected chi connectivity index (χ2v) is 10.3. The zero-order valence-electron chi connectivity index (χ0n) is 18.8. The number of hydrazine groups is 1. The van der Waals surface area contributed by atoms with E-state index in [2.05, 4.69) is 40.3 Å². The molecule has 3 aliphatic rings. The number of guanidine groups is 1. The largest absolute Gasteiger partial charge is 0.381 e. The molecule has 0 bridgehead atoms. The van der Waals surface area contributed by atoms with Gasteiger partial charge in [-0.1, -0.05) is 20.3 Å². The maximum absolute atomic E-state index is 12.9. The van der Waals surface area contributed by atoms with E-state index in [1.165, 1.54) is 12.8 Å². The molecule has 172 valence electrons. The number of rotatable bonds is 6. The van der Waals surface area contributed by atoms with Crippen LogP contribution < -0.4 is 21.5 Å². The number of hydrogen-bond acceptors (Lipinski definition) is 5. The van der Waals surface area contributed by atoms with Crippen LogP contribution in [-0.2, 0) is 9.53 Å². The van der Waals surface area contributed by atoms with Gasteiger partial charge in [0.15, 0.2) is 5.96 Å². The highest BCUT2D eigenvalue weighted by Crippen LogP contribution is 2.32. The number of nitrogens with one attached hydrogen (secondary N) is 4. The summed E-state index contributed by atoms with van der Waals surface area (Å²) in [6.45, 7) is 4.94. The Bertz CT molecular complexity index is 580. The molecule has 0 spiro atoms. The molecule has 3 rings (SSSR count). The van der Waals surface area contributed by atoms with Crippen molar-refractivity contribution in [2.24, 2.45) is 22.7 Å². The lowest BCUT2D eigenvalue weighted by Gasteiger charge is -2.29. The van der Waals surface area contributed by atoms with Crippen molar-refractivity contribution in [3.63, 3.8) is 0 Å². The first kappa shape index (κ1) is 23.8. The fraction of sp³-hybridized carbons (Fsp3) is 0.909. The van der Waals surface area contributed by atoms with E-state index in [0.29, 0.717) is 35.8 Å². The summed E-state index contributed by atoms with van der Waals surface area (Å²) in [6, 6.07) is 0.425. The first-order valence-corrected chi connectivity index (χ1v) is 12.2. The minimum Gasteiger partial charge on any atom is -0.381 e. The molecular weight excluding hydrogens is 402 g/mol. The SMILES string of the molecule is COC1CCCC(C(=O)NC(=NCC(C)C)NC2CC(C3CCC(Cl)CC3)NN2)C1. The van der Waals surface area contributed by atoms with Crippen LogP contribution in [0.5, 0.6) is 0 Å². The Balaban J connectivity index is 1.53. The summed E-state index contributed by atoms with van der Waals surface area (Å²) in [6.07, 6.45) is 9.51. The first-order chi connectivity index (χ1) is 14.4. The maximum atomic E-state index is 12.9. The molecule has 1 amide bonds. The van der Waals surface area contributed by atoms with Gasteiger partial charge in [-0.05, 0) is 63.2 Å². The van der Waals surface area contributed by atoms with Gasteiger partial charge < -0.3 is 10.1 Å². The van der Waals surface area contributed by atoms with E-state index in [0.717, 1.165) is 44.9 Å². The molecule has 2 aliphatic carbocycles. The molecule has 4 N–H and O–H groups in total. The Morgan fingerprint density at radius 3 is 2.60 bits per heavy atom. The van der Waals surface area contributed by atoms with Crippen molar-refractivity contribution in [3.05, 3.63) is 0 Å². The van der Waals surface area contributed by atoms with Crippen molar-refractivity contribution in [2.45, 2.75) is 95.3 Å². The number of hydrogen-bond donors (Lipinski definition) is 4. The summed E-state index contributed by atoms with van der Waals surface area (Å²) >= 11 is 6.26. The van der Waals surface area contributed by atoms with Gasteiger partial charge in [0.1, 0.15) is 0 Å². The van der Waals surface area contributed by atoms with Gasteiger partial charge in [0.25, 0.3) is 0 Å². The second kappa shape index (κ2) is 11.7. The smallest absolute Gasteiger partial charge is 0.229 e. The monoisotopic (exact) mass is 441 g/mol. The van der Waals surface area contributed by atoms with E-state index in [4.69, 9.17) is 16.3 Å². The summed E-state index contributed by atoms with van der Waals surface area (Å²) in [5.41, 5.74) is 6.81. The van der Waals surface area contributed by atoms with E-state index in [-0.39, 0.29) is 24.1 Å². The molecule has 4 atom stereocenters. The molecule has 1 saturated heterocycles. The molecule has 1 aliphatic heterocycles. The summed E-state index contributed by atoms with van der Waals surface area (Å²) in [4.78, 5) is 17.6. The third-order valence-electron chi connectivity index (χ3n) is 6.70. The Morgan fingerprint density at radius 1 is 1.13 bits per heavy atom. The van der Waals surface area contributed by atoms with Crippen molar-refractivity contribution >= 4 is 23.5 Å². The lowest BCUT2D eigenvalue weighted by Crippen LogP contribution is -2.52. The molecule has 30 heavy (non-hydrogen) atoms. The average Bonchev–Trinajstić information content (AvgIpc) is 3.21. The van der Waals surface area contributed by atoms with Crippen LogP contribution in [0.25, 0.3) is 0 Å². The van der Waals surface area contributed by atoms with Crippen molar-refractivity contribution in [1.82, 2.24) is 21.5 Å². The van der Waals surface area contributed by atoms with Crippen LogP contribution in [0.1, 0.15) is 71.6 Å². The summed E-state index contributed by atoms with van der Waals surface area (Å²) in [5.74, 6) is 1.70. The number of carbonyl (C=O) groups is 1. The molecule has 1 heterocycles. The van der Waals surface area contributed by atoms with Crippen LogP contribution in [-0.4, -0.2) is 49.2 Å². The number of aliphatic imine (C=N–C) groups is 1. The number of amides is 1. The second-order valence-electron chi connectivity index (χ2n) is 9.63. The molecule has 0 aromatic rings. The summed E-state index contributed by atoms with van der Waals surface area (Å²) < 4.78 is 5.49. The van der Waals surface area contributed by atoms with Crippen LogP contribution in [0.2, 0.25) is 0 Å². The maximum Gasteiger partial charge on any atom is 0.229 e. The standard InChI is InChI=1S/C22H40ClN5O2/c1-14(2)13-24-22(26-21(29)16-5-4-6-18(11-16)30-3)25-20-12-19(27-28-20)15-7-9-17(23)10-8-15/h14-20,27-28H,4-13H2,1-3H3,(H2,24,25,26,29). The molecule has 0 aromatic carbocycles. The van der Waals surface area contributed by atoms with E-state index < -0.39 is 0 Å². The summed E-state index contributed by atoms with van der Waals surface area (Å²) in [7, 11) is 1.73. The van der Waals surface area contributed by atoms with Gasteiger partial charge >= 0.3 is 0 Å². The van der Waals surface area contributed by atoms with E-state index in [9.17, 15) is 4.79 Å². The fourth-order valence-corrected chi connectivity index (χ4v) is 5.09. The molecular formula is C22H40ClN5O2. The first-order valence-electron chi connectivity index (χ1n) is 11.7. The lowest BCUT2D eigenvalue weighted by molar-refractivity contribution is -0.126. The minimum atomic E-state index is -0.0112. The number of methoxy groups -OCH3 is 1. The van der Waals surface area contributed by atoms with Crippen LogP contribution in [0.15, 0.2) is 4.99 Å². The molecule has 4 unspecified atom stereocenters. The highest BCUT2D eigenvalue weighted by atomic mass is 35.5. The Labute approximate surface area is 186 Å². The van der Waals surface area contributed by atoms with E-state index >= 15 is 0 Å². The molecule has 3 fully saturated rings. The Kier molecular flexibility index (Phi) is 9.23. The third kappa shape index (κ3) is 7.08. The molecule has 2 saturated carbocycles. The lowest BCUT2D eigenvalue weighted by atomic mass is 9.83. The van der Waals surface area contributed by atoms with Crippen molar-refractivity contribution in [2.75, 3.05) is 13.7 Å². The topological polar surface area (TPSA) is 86.8 Å². The highest BCUT2D eigenvalue weighted by molar-refractivity contribution is 6.20. The van der Waals surface area contributed by atoms with Gasteiger partial charge in [-0.15, -0.1) is 11.6 Å². The Morgan fingerprint density at radius 2 is 1.90 bits per heavy atom. The van der Waals surface area contributed by atoms with Crippen molar-refractivity contribution < 1.29 is 9.53 Å². The van der Waals surface area contributed by atoms with Crippen LogP contribution in [0.4, 0.5) is 0 Å². The summed E-state index contributed by atoms with van der Waals surface area (Å²) in [5, 5.41) is 6.84. The Hall–Kier alpha value is -0.890. The predicted octanol–water partition coefficient (Wildman–Crippen LogP) is 2.90. The van der Waals surface area contributed by atoms with Crippen molar-refractivity contribution in [3.8, 4) is 0 Å². The van der Waals surface area contributed by atoms with Gasteiger partial charge in [-0.3, -0.25) is 20.5 Å². The normalized spacial score (nSPS) is 35.4. The number of carbonyl (C=O) groups excluding carboxylic acids is 1. The van der Waals surface area contributed by atoms with Crippen LogP contribution in [0, 0.1) is 17.8 Å². The average molecular weight is 442 g/mol. The fourth-order valence-electron chi connectivity index (χ4n) is 4.84. The number of ether oxygens (including phenoxy) is 1. The molecule has 0 aromatic heterocycles. The van der Waals surface area contributed by atoms with Crippen LogP contribution in [0.3, 0.4) is 0 Å². The van der Waals surface area contributed by atoms with Crippen LogP contribution >= 0.6 is 11.6 Å². The quantitative estimate of drug-likeness (QED) is 0.289.